The molecule has 2 unspecified atom stereocenters. The van der Waals surface area contributed by atoms with Crippen LogP contribution >= 0.6 is 17.1 Å². The minimum atomic E-state index is -2.51. The molecule has 1 fully saturated rings. The van der Waals surface area contributed by atoms with E-state index >= 15 is 0 Å². The van der Waals surface area contributed by atoms with Crippen LogP contribution in [0, 0.1) is 12.3 Å². The molecule has 0 aromatic heterocycles. The Morgan fingerprint density at radius 1 is 2.00 bits per heavy atom. The van der Waals surface area contributed by atoms with E-state index in [4.69, 9.17) is 15.8 Å². The Morgan fingerprint density at radius 3 is 2.89 bits per heavy atom. The maximum atomic E-state index is 9.07. The molecule has 1 aliphatic heterocycles. The first-order valence-corrected chi connectivity index (χ1v) is 6.52. The van der Waals surface area contributed by atoms with Gasteiger partial charge in [-0.15, -0.1) is 6.42 Å². The van der Waals surface area contributed by atoms with E-state index in [2.05, 4.69) is 17.7 Å². The van der Waals surface area contributed by atoms with Gasteiger partial charge in [0, 0.05) is 5.75 Å². The first kappa shape index (κ1) is 7.59. The molecule has 0 saturated carbocycles. The summed E-state index contributed by atoms with van der Waals surface area (Å²) in [6, 6.07) is 0. The summed E-state index contributed by atoms with van der Waals surface area (Å²) in [7, 11) is 0. The van der Waals surface area contributed by atoms with Gasteiger partial charge in [-0.2, -0.15) is 0 Å². The number of hydrogen-bond acceptors (Lipinski definition) is 3. The Kier molecular flexibility index (Phi) is 2.20. The van der Waals surface area contributed by atoms with E-state index in [0.717, 1.165) is 0 Å². The molecule has 1 N–H and O–H groups in total. The zero-order valence-corrected chi connectivity index (χ0v) is 7.01. The fourth-order valence-corrected chi connectivity index (χ4v) is 3.89. The summed E-state index contributed by atoms with van der Waals surface area (Å²) in [5.74, 6) is 3.01. The van der Waals surface area contributed by atoms with Crippen LogP contribution in [0.15, 0.2) is 0 Å². The first-order valence-electron chi connectivity index (χ1n) is 2.26. The van der Waals surface area contributed by atoms with Crippen molar-refractivity contribution in [2.24, 2.45) is 0 Å². The first-order chi connectivity index (χ1) is 4.14. The lowest BCUT2D eigenvalue weighted by Crippen LogP contribution is -2.01. The molecular formula is C4H5O2PS2. The molecule has 0 aromatic carbocycles. The van der Waals surface area contributed by atoms with Crippen molar-refractivity contribution in [3.63, 3.8) is 0 Å². The van der Waals surface area contributed by atoms with Gasteiger partial charge in [0.2, 0.25) is 5.69 Å². The molecule has 0 spiro atoms. The Labute approximate surface area is 62.9 Å². The van der Waals surface area contributed by atoms with Gasteiger partial charge in [-0.25, -0.2) is 0 Å². The second-order valence-electron chi connectivity index (χ2n) is 1.53. The van der Waals surface area contributed by atoms with Crippen LogP contribution in [0.1, 0.15) is 0 Å². The van der Waals surface area contributed by atoms with Crippen molar-refractivity contribution in [2.75, 3.05) is 5.75 Å². The minimum Gasteiger partial charge on any atom is -0.337 e. The molecule has 0 aliphatic carbocycles. The van der Waals surface area contributed by atoms with Gasteiger partial charge in [0.1, 0.15) is 6.10 Å². The van der Waals surface area contributed by atoms with Crippen molar-refractivity contribution >= 4 is 28.9 Å². The summed E-state index contributed by atoms with van der Waals surface area (Å²) in [6.07, 6.45) is 4.75. The van der Waals surface area contributed by atoms with Crippen LogP contribution in [0.25, 0.3) is 0 Å². The van der Waals surface area contributed by atoms with E-state index < -0.39 is 5.69 Å². The van der Waals surface area contributed by atoms with Crippen LogP contribution in [0.4, 0.5) is 0 Å². The van der Waals surface area contributed by atoms with Crippen molar-refractivity contribution in [3.8, 4) is 12.3 Å². The highest BCUT2D eigenvalue weighted by Gasteiger charge is 2.28. The maximum Gasteiger partial charge on any atom is 0.246 e. The largest absolute Gasteiger partial charge is 0.337 e. The quantitative estimate of drug-likeness (QED) is 0.444. The van der Waals surface area contributed by atoms with E-state index in [1.54, 1.807) is 0 Å². The highest BCUT2D eigenvalue weighted by molar-refractivity contribution is 8.68. The summed E-state index contributed by atoms with van der Waals surface area (Å²) in [5.41, 5.74) is -2.51. The Morgan fingerprint density at radius 2 is 2.67 bits per heavy atom. The molecule has 0 aromatic rings. The zero-order valence-electron chi connectivity index (χ0n) is 4.48. The lowest BCUT2D eigenvalue weighted by molar-refractivity contribution is 0.297. The van der Waals surface area contributed by atoms with Gasteiger partial charge in [0.15, 0.2) is 0 Å². The predicted octanol–water partition coefficient (Wildman–Crippen LogP) is 0.968. The third-order valence-corrected chi connectivity index (χ3v) is 5.03. The van der Waals surface area contributed by atoms with Gasteiger partial charge >= 0.3 is 0 Å². The lowest BCUT2D eigenvalue weighted by atomic mass is 10.4. The molecule has 2 atom stereocenters. The normalized spacial score (nSPS) is 42.4. The van der Waals surface area contributed by atoms with Crippen LogP contribution < -0.4 is 0 Å². The molecule has 1 aliphatic rings. The molecule has 2 nitrogen and oxygen atoms in total. The van der Waals surface area contributed by atoms with E-state index in [1.807, 2.05) is 0 Å². The van der Waals surface area contributed by atoms with Crippen molar-refractivity contribution in [1.29, 1.82) is 0 Å². The molecule has 9 heavy (non-hydrogen) atoms. The topological polar surface area (TPSA) is 29.5 Å². The van der Waals surface area contributed by atoms with Crippen LogP contribution in [0.2, 0.25) is 0 Å². The summed E-state index contributed by atoms with van der Waals surface area (Å²) >= 11 is 5.91. The van der Waals surface area contributed by atoms with Crippen molar-refractivity contribution in [2.45, 2.75) is 6.10 Å². The highest BCUT2D eigenvalue weighted by Crippen LogP contribution is 2.61. The SMILES string of the molecule is C#CC1CSP(O)(=S)O1. The van der Waals surface area contributed by atoms with E-state index in [-0.39, 0.29) is 6.10 Å². The highest BCUT2D eigenvalue weighted by atomic mass is 32.9. The Bertz CT molecular complexity index is 197. The zero-order chi connectivity index (χ0) is 6.91. The average molecular weight is 180 g/mol. The minimum absolute atomic E-state index is 0.272. The molecular weight excluding hydrogens is 175 g/mol. The molecule has 5 heteroatoms. The van der Waals surface area contributed by atoms with Gasteiger partial charge in [-0.05, 0) is 11.8 Å². The van der Waals surface area contributed by atoms with Crippen molar-refractivity contribution < 1.29 is 9.42 Å². The fourth-order valence-electron chi connectivity index (χ4n) is 0.462. The molecule has 1 saturated heterocycles. The second kappa shape index (κ2) is 2.61. The molecule has 0 amide bonds. The third kappa shape index (κ3) is 1.96. The van der Waals surface area contributed by atoms with Gasteiger partial charge < -0.3 is 9.42 Å². The van der Waals surface area contributed by atoms with Crippen LogP contribution in [0.3, 0.4) is 0 Å². The van der Waals surface area contributed by atoms with Crippen LogP contribution in [-0.4, -0.2) is 16.8 Å². The third-order valence-electron chi connectivity index (χ3n) is 0.835. The second-order valence-corrected chi connectivity index (χ2v) is 7.70. The van der Waals surface area contributed by atoms with Gasteiger partial charge in [0.25, 0.3) is 0 Å². The molecule has 0 bridgehead atoms. The molecule has 0 radical (unpaired) electrons. The predicted molar refractivity (Wildman–Crippen MR) is 42.7 cm³/mol. The van der Waals surface area contributed by atoms with Gasteiger partial charge in [0.05, 0.1) is 0 Å². The summed E-state index contributed by atoms with van der Waals surface area (Å²) < 4.78 is 4.91. The summed E-state index contributed by atoms with van der Waals surface area (Å²) in [4.78, 5) is 9.07. The Balaban J connectivity index is 2.60. The summed E-state index contributed by atoms with van der Waals surface area (Å²) in [6.45, 7) is 0. The van der Waals surface area contributed by atoms with E-state index in [1.165, 1.54) is 11.4 Å². The smallest absolute Gasteiger partial charge is 0.246 e. The monoisotopic (exact) mass is 180 g/mol. The Hall–Kier alpha value is 0.480. The fraction of sp³-hybridized carbons (Fsp3) is 0.500. The van der Waals surface area contributed by atoms with Gasteiger partial charge in [-0.1, -0.05) is 17.3 Å². The standard InChI is InChI=1S/C4H5O2PS2/c1-2-4-3-9-7(5,8)6-4/h1,4H,3H2,(H,5,8). The number of terminal acetylenes is 1. The van der Waals surface area contributed by atoms with Crippen LogP contribution in [0.5, 0.6) is 0 Å². The molecule has 1 rings (SSSR count). The number of rotatable bonds is 0. The van der Waals surface area contributed by atoms with Gasteiger partial charge in [-0.3, -0.25) is 0 Å². The average Bonchev–Trinajstić information content (AvgIpc) is 2.10. The van der Waals surface area contributed by atoms with E-state index in [9.17, 15) is 0 Å². The molecule has 1 heterocycles. The van der Waals surface area contributed by atoms with Crippen LogP contribution in [-0.2, 0) is 16.3 Å². The van der Waals surface area contributed by atoms with E-state index in [0.29, 0.717) is 5.75 Å². The summed E-state index contributed by atoms with van der Waals surface area (Å²) in [5, 5.41) is 0. The van der Waals surface area contributed by atoms with Crippen molar-refractivity contribution in [1.82, 2.24) is 0 Å². The lowest BCUT2D eigenvalue weighted by Gasteiger charge is -2.02. The molecule has 50 valence electrons. The maximum absolute atomic E-state index is 9.07. The van der Waals surface area contributed by atoms with Crippen molar-refractivity contribution in [3.05, 3.63) is 0 Å². The number of hydrogen-bond donors (Lipinski definition) is 1.